The Morgan fingerprint density at radius 1 is 1.38 bits per heavy atom. The van der Waals surface area contributed by atoms with Gasteiger partial charge in [-0.25, -0.2) is 4.79 Å². The van der Waals surface area contributed by atoms with E-state index in [-0.39, 0.29) is 0 Å². The van der Waals surface area contributed by atoms with Crippen LogP contribution in [-0.2, 0) is 9.53 Å². The van der Waals surface area contributed by atoms with Crippen LogP contribution >= 0.6 is 43.5 Å². The van der Waals surface area contributed by atoms with Gasteiger partial charge in [0, 0.05) is 25.9 Å². The van der Waals surface area contributed by atoms with Crippen molar-refractivity contribution in [2.45, 2.75) is 6.04 Å². The first-order chi connectivity index (χ1) is 10.0. The molecule has 7 heteroatoms. The zero-order valence-electron chi connectivity index (χ0n) is 10.9. The van der Waals surface area contributed by atoms with E-state index in [1.54, 1.807) is 24.4 Å². The molecule has 0 aliphatic carbocycles. The third kappa shape index (κ3) is 4.18. The average molecular weight is 435 g/mol. The average Bonchev–Trinajstić information content (AvgIpc) is 2.45. The standard InChI is InChI=1S/C14H11Br2ClN2O2/c1-21-14(20)13(12-11(16)5-8(15)7-18-12)19-10-4-2-3-9(17)6-10/h2-7,13,19H,1H3. The van der Waals surface area contributed by atoms with Crippen LogP contribution in [0.2, 0.25) is 5.02 Å². The van der Waals surface area contributed by atoms with Crippen molar-refractivity contribution in [3.8, 4) is 0 Å². The lowest BCUT2D eigenvalue weighted by atomic mass is 10.1. The number of aromatic nitrogens is 1. The Kier molecular flexibility index (Phi) is 5.61. The molecule has 1 atom stereocenters. The number of carbonyl (C=O) groups excluding carboxylic acids is 1. The van der Waals surface area contributed by atoms with Gasteiger partial charge in [-0.05, 0) is 56.1 Å². The topological polar surface area (TPSA) is 51.2 Å². The van der Waals surface area contributed by atoms with E-state index in [1.807, 2.05) is 12.1 Å². The molecule has 4 nitrogen and oxygen atoms in total. The summed E-state index contributed by atoms with van der Waals surface area (Å²) in [5.74, 6) is -0.439. The van der Waals surface area contributed by atoms with E-state index < -0.39 is 12.0 Å². The molecule has 0 amide bonds. The number of anilines is 1. The summed E-state index contributed by atoms with van der Waals surface area (Å²) in [6, 6.07) is 8.17. The van der Waals surface area contributed by atoms with Crippen molar-refractivity contribution >= 4 is 55.1 Å². The maximum Gasteiger partial charge on any atom is 0.334 e. The van der Waals surface area contributed by atoms with Crippen LogP contribution in [0.15, 0.2) is 45.5 Å². The fraction of sp³-hybridized carbons (Fsp3) is 0.143. The van der Waals surface area contributed by atoms with Crippen LogP contribution in [0.3, 0.4) is 0 Å². The molecule has 2 rings (SSSR count). The van der Waals surface area contributed by atoms with Gasteiger partial charge >= 0.3 is 5.97 Å². The third-order valence-electron chi connectivity index (χ3n) is 2.68. The van der Waals surface area contributed by atoms with Gasteiger partial charge in [-0.1, -0.05) is 17.7 Å². The molecule has 0 fully saturated rings. The summed E-state index contributed by atoms with van der Waals surface area (Å²) in [5.41, 5.74) is 1.24. The number of methoxy groups -OCH3 is 1. The highest BCUT2D eigenvalue weighted by atomic mass is 79.9. The molecule has 21 heavy (non-hydrogen) atoms. The van der Waals surface area contributed by atoms with E-state index in [2.05, 4.69) is 42.2 Å². The monoisotopic (exact) mass is 432 g/mol. The SMILES string of the molecule is COC(=O)C(Nc1cccc(Cl)c1)c1ncc(Br)cc1Br. The largest absolute Gasteiger partial charge is 0.467 e. The van der Waals surface area contributed by atoms with Crippen LogP contribution in [0.5, 0.6) is 0 Å². The molecule has 1 aromatic heterocycles. The van der Waals surface area contributed by atoms with Gasteiger partial charge in [0.25, 0.3) is 0 Å². The number of hydrogen-bond donors (Lipinski definition) is 1. The first kappa shape index (κ1) is 16.3. The first-order valence-electron chi connectivity index (χ1n) is 5.92. The molecule has 0 saturated heterocycles. The number of carbonyl (C=O) groups is 1. The summed E-state index contributed by atoms with van der Waals surface area (Å²) in [6.45, 7) is 0. The van der Waals surface area contributed by atoms with Crippen LogP contribution in [-0.4, -0.2) is 18.1 Å². The van der Waals surface area contributed by atoms with Crippen LogP contribution in [0.4, 0.5) is 5.69 Å². The van der Waals surface area contributed by atoms with E-state index in [1.165, 1.54) is 7.11 Å². The molecule has 0 aliphatic heterocycles. The predicted octanol–water partition coefficient (Wildman–Crippen LogP) is 4.59. The third-order valence-corrected chi connectivity index (χ3v) is 3.99. The van der Waals surface area contributed by atoms with E-state index in [4.69, 9.17) is 16.3 Å². The molecule has 1 N–H and O–H groups in total. The van der Waals surface area contributed by atoms with Gasteiger partial charge in [0.1, 0.15) is 0 Å². The lowest BCUT2D eigenvalue weighted by molar-refractivity contribution is -0.141. The molecular weight excluding hydrogens is 423 g/mol. The molecule has 110 valence electrons. The number of rotatable bonds is 4. The summed E-state index contributed by atoms with van der Waals surface area (Å²) < 4.78 is 6.35. The van der Waals surface area contributed by atoms with Crippen molar-refractivity contribution in [3.05, 3.63) is 56.2 Å². The highest BCUT2D eigenvalue weighted by Gasteiger charge is 2.25. The highest BCUT2D eigenvalue weighted by Crippen LogP contribution is 2.28. The second-order valence-corrected chi connectivity index (χ2v) is 6.34. The van der Waals surface area contributed by atoms with Crippen LogP contribution < -0.4 is 5.32 Å². The maximum absolute atomic E-state index is 12.0. The van der Waals surface area contributed by atoms with Crippen molar-refractivity contribution in [2.75, 3.05) is 12.4 Å². The lowest BCUT2D eigenvalue weighted by Gasteiger charge is -2.18. The molecule has 1 unspecified atom stereocenters. The molecule has 0 bridgehead atoms. The van der Waals surface area contributed by atoms with Gasteiger partial charge in [-0.2, -0.15) is 0 Å². The number of nitrogens with one attached hydrogen (secondary N) is 1. The Bertz CT molecular complexity index is 667. The summed E-state index contributed by atoms with van der Waals surface area (Å²) in [6.07, 6.45) is 1.62. The summed E-state index contributed by atoms with van der Waals surface area (Å²) in [5, 5.41) is 3.66. The van der Waals surface area contributed by atoms with E-state index in [0.717, 1.165) is 4.47 Å². The van der Waals surface area contributed by atoms with Crippen molar-refractivity contribution in [3.63, 3.8) is 0 Å². The normalized spacial score (nSPS) is 11.8. The Hall–Kier alpha value is -1.11. The van der Waals surface area contributed by atoms with Gasteiger partial charge in [0.05, 0.1) is 12.8 Å². The second kappa shape index (κ2) is 7.24. The lowest BCUT2D eigenvalue weighted by Crippen LogP contribution is -2.23. The van der Waals surface area contributed by atoms with Crippen molar-refractivity contribution in [1.82, 2.24) is 4.98 Å². The number of pyridine rings is 1. The number of hydrogen-bond acceptors (Lipinski definition) is 4. The Labute approximate surface area is 144 Å². The molecule has 1 aromatic carbocycles. The van der Waals surface area contributed by atoms with Crippen LogP contribution in [0, 0.1) is 0 Å². The number of esters is 1. The zero-order chi connectivity index (χ0) is 15.4. The number of ether oxygens (including phenoxy) is 1. The maximum atomic E-state index is 12.0. The van der Waals surface area contributed by atoms with Gasteiger partial charge < -0.3 is 10.1 Å². The quantitative estimate of drug-likeness (QED) is 0.716. The summed E-state index contributed by atoms with van der Waals surface area (Å²) in [4.78, 5) is 16.3. The Morgan fingerprint density at radius 2 is 2.14 bits per heavy atom. The van der Waals surface area contributed by atoms with Crippen molar-refractivity contribution in [1.29, 1.82) is 0 Å². The summed E-state index contributed by atoms with van der Waals surface area (Å²) in [7, 11) is 1.34. The molecule has 0 saturated carbocycles. The Balaban J connectivity index is 2.37. The van der Waals surface area contributed by atoms with Crippen LogP contribution in [0.1, 0.15) is 11.7 Å². The fourth-order valence-electron chi connectivity index (χ4n) is 1.74. The molecular formula is C14H11Br2ClN2O2. The predicted molar refractivity (Wildman–Crippen MR) is 89.5 cm³/mol. The number of benzene rings is 1. The van der Waals surface area contributed by atoms with Crippen LogP contribution in [0.25, 0.3) is 0 Å². The first-order valence-corrected chi connectivity index (χ1v) is 7.88. The number of halogens is 3. The fourth-order valence-corrected chi connectivity index (χ4v) is 3.15. The zero-order valence-corrected chi connectivity index (χ0v) is 14.9. The van der Waals surface area contributed by atoms with E-state index >= 15 is 0 Å². The van der Waals surface area contributed by atoms with Gasteiger partial charge in [-0.3, -0.25) is 4.98 Å². The summed E-state index contributed by atoms with van der Waals surface area (Å²) >= 11 is 12.7. The second-order valence-electron chi connectivity index (χ2n) is 4.13. The van der Waals surface area contributed by atoms with Crippen molar-refractivity contribution in [2.24, 2.45) is 0 Å². The Morgan fingerprint density at radius 3 is 2.76 bits per heavy atom. The minimum atomic E-state index is -0.740. The smallest absolute Gasteiger partial charge is 0.334 e. The van der Waals surface area contributed by atoms with Gasteiger partial charge in [-0.15, -0.1) is 0 Å². The molecule has 0 radical (unpaired) electrons. The molecule has 2 aromatic rings. The number of nitrogens with zero attached hydrogens (tertiary/aromatic N) is 1. The van der Waals surface area contributed by atoms with Gasteiger partial charge in [0.15, 0.2) is 6.04 Å². The van der Waals surface area contributed by atoms with Gasteiger partial charge in [0.2, 0.25) is 0 Å². The minimum Gasteiger partial charge on any atom is -0.467 e. The molecule has 1 heterocycles. The molecule has 0 spiro atoms. The minimum absolute atomic E-state index is 0.439. The van der Waals surface area contributed by atoms with E-state index in [0.29, 0.717) is 20.9 Å². The van der Waals surface area contributed by atoms with E-state index in [9.17, 15) is 4.79 Å². The van der Waals surface area contributed by atoms with Crippen molar-refractivity contribution < 1.29 is 9.53 Å². The molecule has 0 aliphatic rings. The highest BCUT2D eigenvalue weighted by molar-refractivity contribution is 9.11.